The minimum absolute atomic E-state index is 0.0353. The molecule has 1 aliphatic rings. The number of nitriles is 1. The third-order valence-corrected chi connectivity index (χ3v) is 4.39. The van der Waals surface area contributed by atoms with Crippen LogP contribution < -0.4 is 0 Å². The summed E-state index contributed by atoms with van der Waals surface area (Å²) in [6, 6.07) is 6.07. The minimum Gasteiger partial charge on any atom is -0.441 e. The van der Waals surface area contributed by atoms with Crippen molar-refractivity contribution in [2.45, 2.75) is 39.2 Å². The molecule has 1 aliphatic carbocycles. The number of nitrogens with zero attached hydrogens (tertiary/aromatic N) is 2. The Bertz CT molecular complexity index is 711. The number of oxazole rings is 1. The molecule has 0 bridgehead atoms. The third kappa shape index (κ3) is 1.66. The first-order chi connectivity index (χ1) is 9.47. The summed E-state index contributed by atoms with van der Waals surface area (Å²) in [6.45, 7) is 5.97. The average Bonchev–Trinajstić information content (AvgIpc) is 2.87. The lowest BCUT2D eigenvalue weighted by Crippen LogP contribution is -2.34. The highest BCUT2D eigenvalue weighted by atomic mass is 16.4. The second-order valence-corrected chi connectivity index (χ2v) is 5.99. The number of hydrogen-bond acceptors (Lipinski definition) is 4. The largest absolute Gasteiger partial charge is 0.441 e. The molecule has 0 saturated carbocycles. The van der Waals surface area contributed by atoms with Crippen LogP contribution in [0.15, 0.2) is 16.5 Å². The van der Waals surface area contributed by atoms with Crippen LogP contribution in [-0.4, -0.2) is 10.1 Å². The lowest BCUT2D eigenvalue weighted by Gasteiger charge is -2.31. The van der Waals surface area contributed by atoms with Crippen molar-refractivity contribution >= 4 is 11.1 Å². The number of fused-ring (bicyclic) bond motifs is 3. The Labute approximate surface area is 118 Å². The van der Waals surface area contributed by atoms with E-state index in [1.165, 1.54) is 0 Å². The Morgan fingerprint density at radius 1 is 1.55 bits per heavy atom. The summed E-state index contributed by atoms with van der Waals surface area (Å²) in [6.07, 6.45) is 0.864. The summed E-state index contributed by atoms with van der Waals surface area (Å²) < 4.78 is 5.70. The van der Waals surface area contributed by atoms with Gasteiger partial charge in [0.2, 0.25) is 0 Å². The van der Waals surface area contributed by atoms with Gasteiger partial charge in [-0.25, -0.2) is 4.98 Å². The maximum atomic E-state index is 11.2. The van der Waals surface area contributed by atoms with Crippen molar-refractivity contribution < 1.29 is 9.52 Å². The van der Waals surface area contributed by atoms with Crippen LogP contribution in [0.3, 0.4) is 0 Å². The van der Waals surface area contributed by atoms with Crippen LogP contribution in [-0.2, 0) is 12.0 Å². The van der Waals surface area contributed by atoms with E-state index < -0.39 is 5.60 Å². The molecule has 0 saturated heterocycles. The number of aromatic nitrogens is 1. The van der Waals surface area contributed by atoms with Crippen molar-refractivity contribution in [3.8, 4) is 6.07 Å². The highest BCUT2D eigenvalue weighted by molar-refractivity contribution is 5.80. The van der Waals surface area contributed by atoms with E-state index in [1.54, 1.807) is 6.92 Å². The molecular formula is C16H18N2O2. The Morgan fingerprint density at radius 3 is 2.95 bits per heavy atom. The smallest absolute Gasteiger partial charge is 0.192 e. The normalized spacial score (nSPS) is 25.1. The maximum Gasteiger partial charge on any atom is 0.192 e. The Morgan fingerprint density at radius 2 is 2.30 bits per heavy atom. The first-order valence-corrected chi connectivity index (χ1v) is 6.96. The molecule has 4 heteroatoms. The topological polar surface area (TPSA) is 70.1 Å². The van der Waals surface area contributed by atoms with Crippen LogP contribution in [0.5, 0.6) is 0 Å². The number of aliphatic hydroxyl groups is 1. The standard InChI is InChI=1S/C16H18N2O2/c1-9(2)12-8-11-4-5-13-15(20-10(3)18-13)14(11)16(12,19)6-7-17/h4-5,9,12,19H,6,8H2,1-3H3. The molecular weight excluding hydrogens is 252 g/mol. The molecule has 0 aliphatic heterocycles. The Kier molecular flexibility index (Phi) is 2.84. The number of benzene rings is 1. The van der Waals surface area contributed by atoms with Crippen molar-refractivity contribution in [1.82, 2.24) is 4.98 Å². The zero-order valence-electron chi connectivity index (χ0n) is 12.0. The second-order valence-electron chi connectivity index (χ2n) is 5.99. The number of hydrogen-bond donors (Lipinski definition) is 1. The van der Waals surface area contributed by atoms with Crippen molar-refractivity contribution in [3.05, 3.63) is 29.2 Å². The van der Waals surface area contributed by atoms with E-state index in [0.29, 0.717) is 17.4 Å². The van der Waals surface area contributed by atoms with Crippen molar-refractivity contribution in [2.24, 2.45) is 11.8 Å². The van der Waals surface area contributed by atoms with Crippen LogP contribution >= 0.6 is 0 Å². The van der Waals surface area contributed by atoms with Gasteiger partial charge in [0.15, 0.2) is 11.5 Å². The van der Waals surface area contributed by atoms with Gasteiger partial charge >= 0.3 is 0 Å². The van der Waals surface area contributed by atoms with Gasteiger partial charge in [-0.1, -0.05) is 19.9 Å². The fourth-order valence-corrected chi connectivity index (χ4v) is 3.51. The maximum absolute atomic E-state index is 11.2. The van der Waals surface area contributed by atoms with Gasteiger partial charge in [-0.15, -0.1) is 0 Å². The first-order valence-electron chi connectivity index (χ1n) is 6.96. The Hall–Kier alpha value is -1.86. The molecule has 3 rings (SSSR count). The fourth-order valence-electron chi connectivity index (χ4n) is 3.51. The minimum atomic E-state index is -1.14. The van der Waals surface area contributed by atoms with Crippen LogP contribution in [0.4, 0.5) is 0 Å². The summed E-state index contributed by atoms with van der Waals surface area (Å²) in [5.41, 5.74) is 2.10. The van der Waals surface area contributed by atoms with Gasteiger partial charge < -0.3 is 9.52 Å². The van der Waals surface area contributed by atoms with Crippen LogP contribution in [0.2, 0.25) is 0 Å². The monoisotopic (exact) mass is 270 g/mol. The molecule has 2 aromatic rings. The van der Waals surface area contributed by atoms with Gasteiger partial charge in [-0.3, -0.25) is 0 Å². The SMILES string of the molecule is Cc1nc2ccc3c(c2o1)C(O)(CC#N)C(C(C)C)C3. The molecule has 2 atom stereocenters. The third-order valence-electron chi connectivity index (χ3n) is 4.39. The van der Waals surface area contributed by atoms with Crippen molar-refractivity contribution in [1.29, 1.82) is 5.26 Å². The number of aryl methyl sites for hydroxylation is 1. The summed E-state index contributed by atoms with van der Waals surface area (Å²) in [5.74, 6) is 0.911. The molecule has 2 unspecified atom stereocenters. The highest BCUT2D eigenvalue weighted by Crippen LogP contribution is 2.49. The second kappa shape index (κ2) is 4.32. The molecule has 20 heavy (non-hydrogen) atoms. The zero-order valence-corrected chi connectivity index (χ0v) is 12.0. The molecule has 1 heterocycles. The van der Waals surface area contributed by atoms with Crippen LogP contribution in [0.1, 0.15) is 37.3 Å². The van der Waals surface area contributed by atoms with Crippen LogP contribution in [0.25, 0.3) is 11.1 Å². The number of rotatable bonds is 2. The van der Waals surface area contributed by atoms with E-state index in [9.17, 15) is 5.11 Å². The van der Waals surface area contributed by atoms with Gasteiger partial charge in [-0.05, 0) is 29.9 Å². The summed E-state index contributed by atoms with van der Waals surface area (Å²) >= 11 is 0. The fraction of sp³-hybridized carbons (Fsp3) is 0.500. The lowest BCUT2D eigenvalue weighted by atomic mass is 9.78. The van der Waals surface area contributed by atoms with Gasteiger partial charge in [0.1, 0.15) is 11.1 Å². The first kappa shape index (κ1) is 13.1. The average molecular weight is 270 g/mol. The molecule has 0 amide bonds. The lowest BCUT2D eigenvalue weighted by molar-refractivity contribution is -0.0249. The summed E-state index contributed by atoms with van der Waals surface area (Å²) in [7, 11) is 0. The van der Waals surface area contributed by atoms with E-state index in [1.807, 2.05) is 12.1 Å². The van der Waals surface area contributed by atoms with Gasteiger partial charge in [-0.2, -0.15) is 5.26 Å². The summed E-state index contributed by atoms with van der Waals surface area (Å²) in [4.78, 5) is 4.33. The highest BCUT2D eigenvalue weighted by Gasteiger charge is 2.48. The van der Waals surface area contributed by atoms with Gasteiger partial charge in [0.05, 0.1) is 12.5 Å². The van der Waals surface area contributed by atoms with Crippen LogP contribution in [0, 0.1) is 30.1 Å². The Balaban J connectivity index is 2.28. The molecule has 0 spiro atoms. The van der Waals surface area contributed by atoms with Gasteiger partial charge in [0, 0.05) is 12.5 Å². The predicted octanol–water partition coefficient (Wildman–Crippen LogP) is 3.07. The molecule has 1 aromatic heterocycles. The van der Waals surface area contributed by atoms with E-state index in [2.05, 4.69) is 24.9 Å². The van der Waals surface area contributed by atoms with E-state index in [-0.39, 0.29) is 12.3 Å². The molecule has 4 nitrogen and oxygen atoms in total. The van der Waals surface area contributed by atoms with Crippen molar-refractivity contribution in [2.75, 3.05) is 0 Å². The van der Waals surface area contributed by atoms with Crippen molar-refractivity contribution in [3.63, 3.8) is 0 Å². The molecule has 104 valence electrons. The zero-order chi connectivity index (χ0) is 14.5. The predicted molar refractivity (Wildman–Crippen MR) is 74.9 cm³/mol. The molecule has 1 aromatic carbocycles. The van der Waals surface area contributed by atoms with E-state index >= 15 is 0 Å². The van der Waals surface area contributed by atoms with E-state index in [4.69, 9.17) is 9.68 Å². The quantitative estimate of drug-likeness (QED) is 0.910. The van der Waals surface area contributed by atoms with Gasteiger partial charge in [0.25, 0.3) is 0 Å². The van der Waals surface area contributed by atoms with E-state index in [0.717, 1.165) is 23.1 Å². The molecule has 1 N–H and O–H groups in total. The summed E-state index contributed by atoms with van der Waals surface area (Å²) in [5, 5.41) is 20.3. The molecule has 0 fully saturated rings. The molecule has 0 radical (unpaired) electrons.